The zero-order valence-corrected chi connectivity index (χ0v) is 24.0. The molecule has 2 aliphatic carbocycles. The van der Waals surface area contributed by atoms with Crippen LogP contribution in [-0.4, -0.2) is 7.63 Å². The first-order valence-corrected chi connectivity index (χ1v) is 19.5. The van der Waals surface area contributed by atoms with Gasteiger partial charge in [-0.15, -0.1) is 24.8 Å². The molecule has 0 fully saturated rings. The zero-order valence-electron chi connectivity index (χ0n) is 18.6. The van der Waals surface area contributed by atoms with E-state index in [1.54, 1.807) is 3.88 Å². The summed E-state index contributed by atoms with van der Waals surface area (Å²) in [5.41, 5.74) is 10.2. The molecule has 1 unspecified atom stereocenters. The number of benzene rings is 2. The first-order valence-electron chi connectivity index (χ1n) is 10.5. The zero-order chi connectivity index (χ0) is 20.3. The molecule has 0 aromatic heterocycles. The SMILES string of the molecule is CC[CH2][Ti](=[SiH2])([Cl])([C]1=C(C)C(C)=C(C)C1C)[CH]1c2ccccc2-c2ccccc21.Cl.Cl. The maximum absolute atomic E-state index is 8.20. The van der Waals surface area contributed by atoms with Gasteiger partial charge in [0.15, 0.2) is 0 Å². The number of hydrogen-bond donors (Lipinski definition) is 0. The predicted octanol–water partition coefficient (Wildman–Crippen LogP) is 8.08. The molecular formula is C25H33Cl3SiTi. The molecule has 0 saturated carbocycles. The molecule has 2 aromatic carbocycles. The first kappa shape index (κ1) is 26.0. The Balaban J connectivity index is 0.00000160. The summed E-state index contributed by atoms with van der Waals surface area (Å²) >= 11 is -3.66. The molecule has 0 amide bonds. The number of halogens is 3. The summed E-state index contributed by atoms with van der Waals surface area (Å²) in [6, 6.07) is 18.0. The molecule has 0 heterocycles. The molecule has 0 N–H and O–H groups in total. The fraction of sp³-hybridized carbons (Fsp3) is 0.360. The molecule has 1 atom stereocenters. The van der Waals surface area contributed by atoms with Crippen molar-refractivity contribution in [3.63, 3.8) is 0 Å². The topological polar surface area (TPSA) is 0 Å². The predicted molar refractivity (Wildman–Crippen MR) is 138 cm³/mol. The summed E-state index contributed by atoms with van der Waals surface area (Å²) < 4.78 is 3.14. The molecule has 0 aliphatic heterocycles. The molecule has 30 heavy (non-hydrogen) atoms. The van der Waals surface area contributed by atoms with Crippen molar-refractivity contribution in [2.75, 3.05) is 0 Å². The van der Waals surface area contributed by atoms with Gasteiger partial charge in [-0.2, -0.15) is 0 Å². The van der Waals surface area contributed by atoms with E-state index in [0.717, 1.165) is 11.1 Å². The smallest absolute Gasteiger partial charge is 0.147 e. The Morgan fingerprint density at radius 3 is 1.73 bits per heavy atom. The Morgan fingerprint density at radius 2 is 1.33 bits per heavy atom. The largest absolute Gasteiger partial charge is 0.147 e. The Kier molecular flexibility index (Phi) is 7.73. The van der Waals surface area contributed by atoms with Gasteiger partial charge in [-0.1, -0.05) is 0 Å². The number of rotatable bonds is 4. The van der Waals surface area contributed by atoms with E-state index < -0.39 is 13.0 Å². The van der Waals surface area contributed by atoms with E-state index in [1.165, 1.54) is 39.0 Å². The second kappa shape index (κ2) is 8.93. The molecule has 162 valence electrons. The quantitative estimate of drug-likeness (QED) is 0.361. The third-order valence-corrected chi connectivity index (χ3v) is 23.6. The summed E-state index contributed by atoms with van der Waals surface area (Å²) in [5, 5.41) is 0. The summed E-state index contributed by atoms with van der Waals surface area (Å²) in [5.74, 6) is 0.471. The van der Waals surface area contributed by atoms with E-state index in [2.05, 4.69) is 90.8 Å². The van der Waals surface area contributed by atoms with Crippen molar-refractivity contribution in [2.24, 2.45) is 5.92 Å². The molecule has 0 nitrogen and oxygen atoms in total. The Hall–Kier alpha value is -0.279. The molecule has 0 bridgehead atoms. The van der Waals surface area contributed by atoms with Crippen molar-refractivity contribution in [2.45, 2.75) is 50.0 Å². The standard InChI is InChI=1S/C13H9.C9H13.C3H7.3ClH.H2Si.Ti/c1-3-7-12-10(5-1)9-11-6-2-4-8-13(11)12;1-6-5-7(2)9(4)8(6)3;1-3-2;;;;;/h1-9H;6H,1-4H3;1,3H2,2H3;3*1H;1H2;/q;;;;;;;+1/p-1. The van der Waals surface area contributed by atoms with Crippen LogP contribution in [0.5, 0.6) is 0 Å². The van der Waals surface area contributed by atoms with Crippen LogP contribution in [0.4, 0.5) is 0 Å². The van der Waals surface area contributed by atoms with E-state index in [-0.39, 0.29) is 24.8 Å². The summed E-state index contributed by atoms with van der Waals surface area (Å²) in [6.07, 6.45) is 1.15. The van der Waals surface area contributed by atoms with Crippen molar-refractivity contribution < 1.29 is 13.0 Å². The first-order chi connectivity index (χ1) is 13.2. The number of hydrogen-bond acceptors (Lipinski definition) is 0. The molecule has 2 aromatic rings. The van der Waals surface area contributed by atoms with Gasteiger partial charge in [-0.05, 0) is 0 Å². The van der Waals surface area contributed by atoms with E-state index in [4.69, 9.17) is 9.30 Å². The molecule has 5 heteroatoms. The van der Waals surface area contributed by atoms with Crippen LogP contribution < -0.4 is 0 Å². The fourth-order valence-electron chi connectivity index (χ4n) is 6.16. The van der Waals surface area contributed by atoms with Crippen molar-refractivity contribution in [1.82, 2.24) is 0 Å². The van der Waals surface area contributed by atoms with Crippen molar-refractivity contribution in [1.29, 1.82) is 0 Å². The monoisotopic (exact) mass is 514 g/mol. The summed E-state index contributed by atoms with van der Waals surface area (Å²) in [4.78, 5) is 0. The third-order valence-electron chi connectivity index (χ3n) is 7.56. The van der Waals surface area contributed by atoms with E-state index in [0.29, 0.717) is 10.1 Å². The van der Waals surface area contributed by atoms with E-state index in [1.807, 2.05) is 0 Å². The fourth-order valence-corrected chi connectivity index (χ4v) is 24.5. The summed E-state index contributed by atoms with van der Waals surface area (Å²) in [7, 11) is 10.4. The van der Waals surface area contributed by atoms with E-state index in [9.17, 15) is 0 Å². The maximum atomic E-state index is 8.20. The molecule has 0 radical (unpaired) electrons. The van der Waals surface area contributed by atoms with Gasteiger partial charge in [-0.25, -0.2) is 0 Å². The second-order valence-electron chi connectivity index (χ2n) is 9.05. The van der Waals surface area contributed by atoms with Crippen LogP contribution in [0.1, 0.15) is 56.4 Å². The molecular weight excluding hydrogens is 483 g/mol. The van der Waals surface area contributed by atoms with Crippen LogP contribution in [-0.2, 0) is 13.0 Å². The average Bonchev–Trinajstić information content (AvgIpc) is 3.11. The Labute approximate surface area is 200 Å². The van der Waals surface area contributed by atoms with E-state index >= 15 is 0 Å². The van der Waals surface area contributed by atoms with Gasteiger partial charge < -0.3 is 0 Å². The van der Waals surface area contributed by atoms with Gasteiger partial charge in [0.25, 0.3) is 0 Å². The Bertz CT molecular complexity index is 1070. The van der Waals surface area contributed by atoms with Crippen LogP contribution in [0.2, 0.25) is 4.73 Å². The van der Waals surface area contributed by atoms with Gasteiger partial charge in [0, 0.05) is 0 Å². The summed E-state index contributed by atoms with van der Waals surface area (Å²) in [6.45, 7) is 11.6. The molecule has 4 rings (SSSR count). The van der Waals surface area contributed by atoms with Gasteiger partial charge >= 0.3 is 177 Å². The van der Waals surface area contributed by atoms with Crippen LogP contribution >= 0.6 is 34.1 Å². The van der Waals surface area contributed by atoms with Crippen molar-refractivity contribution in [3.05, 3.63) is 80.3 Å². The van der Waals surface area contributed by atoms with Gasteiger partial charge in [-0.3, -0.25) is 0 Å². The second-order valence-corrected chi connectivity index (χ2v) is 29.0. The van der Waals surface area contributed by atoms with Crippen LogP contribution in [0.3, 0.4) is 0 Å². The minimum Gasteiger partial charge on any atom is -0.147 e. The molecule has 0 saturated heterocycles. The van der Waals surface area contributed by atoms with Gasteiger partial charge in [0.1, 0.15) is 0 Å². The van der Waals surface area contributed by atoms with Crippen LogP contribution in [0.15, 0.2) is 69.1 Å². The average molecular weight is 516 g/mol. The number of allylic oxidation sites excluding steroid dienone is 4. The van der Waals surface area contributed by atoms with Crippen molar-refractivity contribution in [3.8, 4) is 11.1 Å². The number of fused-ring (bicyclic) bond motifs is 3. The van der Waals surface area contributed by atoms with Gasteiger partial charge in [0.2, 0.25) is 0 Å². The Morgan fingerprint density at radius 1 is 0.867 bits per heavy atom. The van der Waals surface area contributed by atoms with Crippen LogP contribution in [0.25, 0.3) is 11.1 Å². The normalized spacial score (nSPS) is 18.7. The maximum Gasteiger partial charge on any atom is -0.147 e. The minimum absolute atomic E-state index is 0. The van der Waals surface area contributed by atoms with Crippen molar-refractivity contribution >= 4 is 41.8 Å². The minimum atomic E-state index is -3.66. The van der Waals surface area contributed by atoms with Gasteiger partial charge in [0.05, 0.1) is 0 Å². The van der Waals surface area contributed by atoms with Crippen LogP contribution in [0, 0.1) is 5.92 Å². The molecule has 2 aliphatic rings. The molecule has 0 spiro atoms. The third kappa shape index (κ3) is 3.55.